The van der Waals surface area contributed by atoms with Gasteiger partial charge in [-0.3, -0.25) is 4.79 Å². The number of carbonyl (C=O) groups excluding carboxylic acids is 2. The molecule has 23 heavy (non-hydrogen) atoms. The Morgan fingerprint density at radius 2 is 2.13 bits per heavy atom. The molecule has 0 radical (unpaired) electrons. The number of benzene rings is 1. The van der Waals surface area contributed by atoms with Crippen molar-refractivity contribution in [2.45, 2.75) is 18.7 Å². The molecule has 0 aliphatic carbocycles. The van der Waals surface area contributed by atoms with E-state index < -0.39 is 24.9 Å². The van der Waals surface area contributed by atoms with Gasteiger partial charge in [0.15, 0.2) is 5.78 Å². The van der Waals surface area contributed by atoms with Gasteiger partial charge in [0.05, 0.1) is 12.1 Å². The highest BCUT2D eigenvalue weighted by Crippen LogP contribution is 2.36. The third-order valence-electron chi connectivity index (χ3n) is 3.61. The molecule has 0 unspecified atom stereocenters. The first-order valence-corrected chi connectivity index (χ1v) is 7.09. The van der Waals surface area contributed by atoms with Crippen LogP contribution in [-0.2, 0) is 11.2 Å². The summed E-state index contributed by atoms with van der Waals surface area (Å²) in [5.41, 5.74) is 0.611. The number of amides is 2. The van der Waals surface area contributed by atoms with E-state index in [2.05, 4.69) is 10.6 Å². The summed E-state index contributed by atoms with van der Waals surface area (Å²) in [5, 5.41) is 23.9. The van der Waals surface area contributed by atoms with Crippen molar-refractivity contribution < 1.29 is 29.2 Å². The highest BCUT2D eigenvalue weighted by atomic mass is 16.5. The Hall–Kier alpha value is -2.55. The van der Waals surface area contributed by atoms with Gasteiger partial charge in [0.25, 0.3) is 0 Å². The summed E-state index contributed by atoms with van der Waals surface area (Å²) in [4.78, 5) is 34.0. The molecule has 8 nitrogen and oxygen atoms in total. The molecule has 4 N–H and O–H groups in total. The van der Waals surface area contributed by atoms with Crippen molar-refractivity contribution >= 4 is 24.9 Å². The van der Waals surface area contributed by atoms with Crippen LogP contribution in [0.5, 0.6) is 5.75 Å². The molecule has 0 saturated carbocycles. The van der Waals surface area contributed by atoms with Crippen LogP contribution in [0.3, 0.4) is 0 Å². The smallest absolute Gasteiger partial charge is 0.526 e. The predicted octanol–water partition coefficient (Wildman–Crippen LogP) is 0.0586. The number of hydrogen-bond acceptors (Lipinski definition) is 5. The first-order valence-electron chi connectivity index (χ1n) is 7.09. The van der Waals surface area contributed by atoms with Crippen molar-refractivity contribution in [2.75, 3.05) is 13.6 Å². The van der Waals surface area contributed by atoms with E-state index in [4.69, 9.17) is 9.76 Å². The molecule has 1 aromatic carbocycles. The molecule has 0 bridgehead atoms. The molecule has 0 fully saturated rings. The third kappa shape index (κ3) is 4.01. The molecule has 0 aromatic heterocycles. The van der Waals surface area contributed by atoms with Gasteiger partial charge >= 0.3 is 19.1 Å². The minimum absolute atomic E-state index is 0.0158. The van der Waals surface area contributed by atoms with Gasteiger partial charge in [0.2, 0.25) is 0 Å². The molecule has 1 aliphatic rings. The van der Waals surface area contributed by atoms with E-state index in [1.54, 1.807) is 12.1 Å². The SMILES string of the molecule is CNC(=O)NCC(=O)C[C@H]1Cc2cccc(C(=O)O)c2OB1O. The zero-order valence-electron chi connectivity index (χ0n) is 12.5. The number of aromatic carboxylic acids is 1. The Morgan fingerprint density at radius 1 is 1.39 bits per heavy atom. The molecule has 0 spiro atoms. The zero-order chi connectivity index (χ0) is 17.0. The number of carboxylic acid groups (broad SMARTS) is 1. The number of Topliss-reactive ketones (excluding diaryl/α,β-unsaturated/α-hetero) is 1. The Kier molecular flexibility index (Phi) is 5.22. The standard InChI is InChI=1S/C14H17BN2O6/c1-16-14(21)17-7-10(18)6-9-5-8-3-2-4-11(13(19)20)12(8)23-15(9)22/h2-4,9,22H,5-7H2,1H3,(H,19,20)(H2,16,17,21)/t9-/m1/s1. The summed E-state index contributed by atoms with van der Waals surface area (Å²) in [6.45, 7) is -0.148. The number of fused-ring (bicyclic) bond motifs is 1. The van der Waals surface area contributed by atoms with Crippen molar-refractivity contribution in [1.29, 1.82) is 0 Å². The Bertz CT molecular complexity index is 636. The topological polar surface area (TPSA) is 125 Å². The number of carboxylic acids is 1. The fraction of sp³-hybridized carbons (Fsp3) is 0.357. The van der Waals surface area contributed by atoms with E-state index in [1.807, 2.05) is 0 Å². The second-order valence-electron chi connectivity index (χ2n) is 5.25. The van der Waals surface area contributed by atoms with Crippen LogP contribution in [0, 0.1) is 0 Å². The van der Waals surface area contributed by atoms with E-state index in [1.165, 1.54) is 13.1 Å². The van der Waals surface area contributed by atoms with Gasteiger partial charge < -0.3 is 25.4 Å². The van der Waals surface area contributed by atoms with Crippen LogP contribution in [-0.4, -0.2) is 48.6 Å². The van der Waals surface area contributed by atoms with Crippen molar-refractivity contribution in [3.8, 4) is 5.75 Å². The average molecular weight is 320 g/mol. The van der Waals surface area contributed by atoms with Gasteiger partial charge in [0.1, 0.15) is 5.75 Å². The summed E-state index contributed by atoms with van der Waals surface area (Å²) in [5.74, 6) is -1.75. The van der Waals surface area contributed by atoms with Crippen LogP contribution >= 0.6 is 0 Å². The Balaban J connectivity index is 2.04. The molecule has 1 heterocycles. The first kappa shape index (κ1) is 16.8. The maximum absolute atomic E-state index is 11.9. The second kappa shape index (κ2) is 7.14. The number of urea groups is 1. The van der Waals surface area contributed by atoms with Gasteiger partial charge in [-0.15, -0.1) is 0 Å². The lowest BCUT2D eigenvalue weighted by Crippen LogP contribution is -2.39. The van der Waals surface area contributed by atoms with Crippen LogP contribution in [0.2, 0.25) is 5.82 Å². The van der Waals surface area contributed by atoms with Crippen LogP contribution in [0.1, 0.15) is 22.3 Å². The van der Waals surface area contributed by atoms with Crippen LogP contribution in [0.4, 0.5) is 4.79 Å². The largest absolute Gasteiger partial charge is 0.535 e. The molecule has 122 valence electrons. The fourth-order valence-corrected chi connectivity index (χ4v) is 2.46. The first-order chi connectivity index (χ1) is 10.9. The van der Waals surface area contributed by atoms with E-state index in [-0.39, 0.29) is 30.1 Å². The highest BCUT2D eigenvalue weighted by Gasteiger charge is 2.37. The van der Waals surface area contributed by atoms with Gasteiger partial charge in [-0.1, -0.05) is 12.1 Å². The number of carbonyl (C=O) groups is 3. The molecule has 1 atom stereocenters. The molecule has 1 aromatic rings. The number of para-hydroxylation sites is 1. The van der Waals surface area contributed by atoms with Crippen LogP contribution < -0.4 is 15.3 Å². The summed E-state index contributed by atoms with van der Waals surface area (Å²) >= 11 is 0. The van der Waals surface area contributed by atoms with E-state index >= 15 is 0 Å². The lowest BCUT2D eigenvalue weighted by Gasteiger charge is -2.28. The number of nitrogens with one attached hydrogen (secondary N) is 2. The van der Waals surface area contributed by atoms with Gasteiger partial charge in [-0.25, -0.2) is 9.59 Å². The summed E-state index contributed by atoms with van der Waals surface area (Å²) in [6, 6.07) is 4.23. The third-order valence-corrected chi connectivity index (χ3v) is 3.61. The Morgan fingerprint density at radius 3 is 2.78 bits per heavy atom. The Labute approximate surface area is 133 Å². The van der Waals surface area contributed by atoms with E-state index in [0.29, 0.717) is 12.0 Å². The van der Waals surface area contributed by atoms with Crippen molar-refractivity contribution in [2.24, 2.45) is 0 Å². The monoisotopic (exact) mass is 320 g/mol. The van der Waals surface area contributed by atoms with E-state index in [9.17, 15) is 19.4 Å². The average Bonchev–Trinajstić information content (AvgIpc) is 2.52. The quantitative estimate of drug-likeness (QED) is 0.569. The van der Waals surface area contributed by atoms with Gasteiger partial charge in [-0.2, -0.15) is 0 Å². The van der Waals surface area contributed by atoms with Crippen molar-refractivity contribution in [1.82, 2.24) is 10.6 Å². The zero-order valence-corrected chi connectivity index (χ0v) is 12.5. The molecule has 2 rings (SSSR count). The molecule has 2 amide bonds. The van der Waals surface area contributed by atoms with Crippen molar-refractivity contribution in [3.05, 3.63) is 29.3 Å². The maximum atomic E-state index is 11.9. The lowest BCUT2D eigenvalue weighted by atomic mass is 9.64. The second-order valence-corrected chi connectivity index (χ2v) is 5.25. The highest BCUT2D eigenvalue weighted by molar-refractivity contribution is 6.47. The van der Waals surface area contributed by atoms with Crippen LogP contribution in [0.25, 0.3) is 0 Å². The number of rotatable bonds is 5. The lowest BCUT2D eigenvalue weighted by molar-refractivity contribution is -0.118. The molecule has 1 aliphatic heterocycles. The minimum atomic E-state index is -1.27. The number of ketones is 1. The summed E-state index contributed by atoms with van der Waals surface area (Å²) in [7, 11) is 0.169. The van der Waals surface area contributed by atoms with Gasteiger partial charge in [-0.05, 0) is 18.1 Å². The minimum Gasteiger partial charge on any atom is -0.535 e. The summed E-state index contributed by atoms with van der Waals surface area (Å²) in [6.07, 6.45) is 0.339. The van der Waals surface area contributed by atoms with Crippen molar-refractivity contribution in [3.63, 3.8) is 0 Å². The molecular formula is C14H17BN2O6. The summed E-state index contributed by atoms with van der Waals surface area (Å²) < 4.78 is 5.31. The van der Waals surface area contributed by atoms with Gasteiger partial charge in [0, 0.05) is 19.3 Å². The van der Waals surface area contributed by atoms with Crippen LogP contribution in [0.15, 0.2) is 18.2 Å². The maximum Gasteiger partial charge on any atom is 0.526 e. The molecular weight excluding hydrogens is 303 g/mol. The molecule has 0 saturated heterocycles. The predicted molar refractivity (Wildman–Crippen MR) is 81.5 cm³/mol. The van der Waals surface area contributed by atoms with E-state index in [0.717, 1.165) is 0 Å². The fourth-order valence-electron chi connectivity index (χ4n) is 2.46. The normalized spacial score (nSPS) is 16.1. The molecule has 9 heteroatoms. The number of hydrogen-bond donors (Lipinski definition) is 4.